The molecular weight excluding hydrogens is 294 g/mol. The number of nitrogens with zero attached hydrogens (tertiary/aromatic N) is 2. The van der Waals surface area contributed by atoms with Crippen molar-refractivity contribution in [2.24, 2.45) is 0 Å². The lowest BCUT2D eigenvalue weighted by molar-refractivity contribution is -0.142. The highest BCUT2D eigenvalue weighted by atomic mass is 35.5. The van der Waals surface area contributed by atoms with Crippen molar-refractivity contribution in [1.82, 2.24) is 9.78 Å². The van der Waals surface area contributed by atoms with Crippen LogP contribution in [0.4, 0.5) is 5.69 Å². The Kier molecular flexibility index (Phi) is 4.19. The zero-order valence-corrected chi connectivity index (χ0v) is 11.9. The number of hydrogen-bond donors (Lipinski definition) is 1. The average Bonchev–Trinajstić information content (AvgIpc) is 3.02. The molecule has 2 aromatic rings. The molecule has 21 heavy (non-hydrogen) atoms. The largest absolute Gasteiger partial charge is 0.376 e. The van der Waals surface area contributed by atoms with Crippen molar-refractivity contribution in [3.8, 4) is 5.69 Å². The molecule has 1 aromatic heterocycles. The van der Waals surface area contributed by atoms with Crippen LogP contribution in [0.3, 0.4) is 0 Å². The first-order valence-electron chi connectivity index (χ1n) is 6.54. The highest BCUT2D eigenvalue weighted by Gasteiger charge is 2.24. The van der Waals surface area contributed by atoms with Crippen LogP contribution < -0.4 is 5.32 Å². The molecule has 0 unspecified atom stereocenters. The van der Waals surface area contributed by atoms with Crippen LogP contribution >= 0.6 is 11.6 Å². The van der Waals surface area contributed by atoms with Gasteiger partial charge >= 0.3 is 0 Å². The third-order valence-corrected chi connectivity index (χ3v) is 3.39. The average molecular weight is 308 g/mol. The van der Waals surface area contributed by atoms with Crippen molar-refractivity contribution >= 4 is 23.2 Å². The lowest BCUT2D eigenvalue weighted by Crippen LogP contribution is -2.39. The fourth-order valence-electron chi connectivity index (χ4n) is 2.10. The van der Waals surface area contributed by atoms with E-state index < -0.39 is 6.10 Å². The summed E-state index contributed by atoms with van der Waals surface area (Å²) in [5, 5.41) is 7.47. The molecule has 0 spiro atoms. The smallest absolute Gasteiger partial charge is 0.255 e. The maximum atomic E-state index is 12.2. The van der Waals surface area contributed by atoms with E-state index in [2.05, 4.69) is 10.4 Å². The summed E-state index contributed by atoms with van der Waals surface area (Å²) in [5.74, 6) is -0.259. The zero-order chi connectivity index (χ0) is 14.7. The quantitative estimate of drug-likeness (QED) is 0.940. The maximum Gasteiger partial charge on any atom is 0.255 e. The first-order chi connectivity index (χ1) is 10.3. The van der Waals surface area contributed by atoms with Gasteiger partial charge in [-0.25, -0.2) is 4.68 Å². The summed E-state index contributed by atoms with van der Waals surface area (Å²) >= 11 is 6.22. The number of nitrogens with one attached hydrogen (secondary N) is 1. The Morgan fingerprint density at radius 3 is 3.00 bits per heavy atom. The summed E-state index contributed by atoms with van der Waals surface area (Å²) < 4.78 is 12.2. The van der Waals surface area contributed by atoms with Gasteiger partial charge in [0, 0.05) is 12.4 Å². The second kappa shape index (κ2) is 6.26. The van der Waals surface area contributed by atoms with Gasteiger partial charge in [-0.3, -0.25) is 4.79 Å². The van der Waals surface area contributed by atoms with Gasteiger partial charge < -0.3 is 14.8 Å². The molecule has 6 nitrogen and oxygen atoms in total. The van der Waals surface area contributed by atoms with E-state index in [0.29, 0.717) is 29.6 Å². The molecule has 1 N–H and O–H groups in total. The number of carbonyl (C=O) groups excluding carboxylic acids is 1. The standard InChI is InChI=1S/C14H14ClN3O3/c15-10-3-1-4-11(13(10)18-6-2-5-16-18)17-14(19)12-9-20-7-8-21-12/h1-6,12H,7-9H2,(H,17,19)/t12-/m1/s1. The van der Waals surface area contributed by atoms with Crippen molar-refractivity contribution in [3.05, 3.63) is 41.7 Å². The van der Waals surface area contributed by atoms with Crippen molar-refractivity contribution in [2.45, 2.75) is 6.10 Å². The molecule has 1 aromatic carbocycles. The number of carbonyl (C=O) groups is 1. The molecule has 1 aliphatic rings. The summed E-state index contributed by atoms with van der Waals surface area (Å²) in [6.45, 7) is 1.18. The molecular formula is C14H14ClN3O3. The van der Waals surface area contributed by atoms with Gasteiger partial charge in [0.1, 0.15) is 5.69 Å². The molecule has 0 aliphatic carbocycles. The highest BCUT2D eigenvalue weighted by Crippen LogP contribution is 2.28. The first kappa shape index (κ1) is 14.1. The Morgan fingerprint density at radius 1 is 1.38 bits per heavy atom. The van der Waals surface area contributed by atoms with E-state index >= 15 is 0 Å². The Hall–Kier alpha value is -1.89. The van der Waals surface area contributed by atoms with Crippen molar-refractivity contribution < 1.29 is 14.3 Å². The lowest BCUT2D eigenvalue weighted by atomic mass is 10.2. The summed E-state index contributed by atoms with van der Waals surface area (Å²) in [5.41, 5.74) is 1.19. The van der Waals surface area contributed by atoms with Crippen LogP contribution in [0.2, 0.25) is 5.02 Å². The molecule has 1 amide bonds. The number of rotatable bonds is 3. The van der Waals surface area contributed by atoms with Gasteiger partial charge in [-0.05, 0) is 18.2 Å². The second-order valence-corrected chi connectivity index (χ2v) is 4.92. The van der Waals surface area contributed by atoms with Crippen molar-refractivity contribution in [3.63, 3.8) is 0 Å². The number of para-hydroxylation sites is 1. The highest BCUT2D eigenvalue weighted by molar-refractivity contribution is 6.33. The molecule has 0 radical (unpaired) electrons. The normalized spacial score (nSPS) is 18.4. The molecule has 1 atom stereocenters. The van der Waals surface area contributed by atoms with E-state index in [9.17, 15) is 4.79 Å². The van der Waals surface area contributed by atoms with Crippen LogP contribution in [0, 0.1) is 0 Å². The topological polar surface area (TPSA) is 65.4 Å². The Morgan fingerprint density at radius 2 is 2.29 bits per heavy atom. The Labute approximate surface area is 126 Å². The summed E-state index contributed by atoms with van der Waals surface area (Å²) in [4.78, 5) is 12.2. The number of aromatic nitrogens is 2. The van der Waals surface area contributed by atoms with E-state index in [0.717, 1.165) is 0 Å². The third kappa shape index (κ3) is 3.07. The monoisotopic (exact) mass is 307 g/mol. The van der Waals surface area contributed by atoms with Gasteiger partial charge in [-0.1, -0.05) is 17.7 Å². The number of amides is 1. The molecule has 0 saturated carbocycles. The SMILES string of the molecule is O=C(Nc1cccc(Cl)c1-n1cccn1)[C@H]1COCCO1. The van der Waals surface area contributed by atoms with Gasteiger partial charge in [0.15, 0.2) is 6.10 Å². The van der Waals surface area contributed by atoms with E-state index in [1.165, 1.54) is 0 Å². The number of halogens is 1. The lowest BCUT2D eigenvalue weighted by Gasteiger charge is -2.22. The minimum absolute atomic E-state index is 0.253. The summed E-state index contributed by atoms with van der Waals surface area (Å²) in [6.07, 6.45) is 2.80. The minimum atomic E-state index is -0.608. The van der Waals surface area contributed by atoms with Gasteiger partial charge in [-0.2, -0.15) is 5.10 Å². The Balaban J connectivity index is 1.85. The number of ether oxygens (including phenoxy) is 2. The third-order valence-electron chi connectivity index (χ3n) is 3.09. The summed E-state index contributed by atoms with van der Waals surface area (Å²) in [7, 11) is 0. The van der Waals surface area contributed by atoms with Crippen molar-refractivity contribution in [1.29, 1.82) is 0 Å². The summed E-state index contributed by atoms with van der Waals surface area (Å²) in [6, 6.07) is 7.06. The minimum Gasteiger partial charge on any atom is -0.376 e. The molecule has 1 fully saturated rings. The van der Waals surface area contributed by atoms with Crippen LogP contribution in [-0.2, 0) is 14.3 Å². The van der Waals surface area contributed by atoms with Crippen LogP contribution in [0.25, 0.3) is 5.69 Å². The number of hydrogen-bond acceptors (Lipinski definition) is 4. The number of benzene rings is 1. The van der Waals surface area contributed by atoms with Gasteiger partial charge in [0.25, 0.3) is 5.91 Å². The predicted octanol–water partition coefficient (Wildman–Crippen LogP) is 1.88. The molecule has 2 heterocycles. The molecule has 0 bridgehead atoms. The van der Waals surface area contributed by atoms with E-state index in [4.69, 9.17) is 21.1 Å². The zero-order valence-electron chi connectivity index (χ0n) is 11.2. The number of anilines is 1. The van der Waals surface area contributed by atoms with E-state index in [1.807, 2.05) is 0 Å². The van der Waals surface area contributed by atoms with Crippen molar-refractivity contribution in [2.75, 3.05) is 25.1 Å². The molecule has 7 heteroatoms. The first-order valence-corrected chi connectivity index (χ1v) is 6.92. The van der Waals surface area contributed by atoms with E-state index in [1.54, 1.807) is 41.3 Å². The van der Waals surface area contributed by atoms with Crippen LogP contribution in [0.1, 0.15) is 0 Å². The van der Waals surface area contributed by atoms with E-state index in [-0.39, 0.29) is 12.5 Å². The fourth-order valence-corrected chi connectivity index (χ4v) is 2.36. The second-order valence-electron chi connectivity index (χ2n) is 4.51. The molecule has 3 rings (SSSR count). The Bertz CT molecular complexity index is 624. The van der Waals surface area contributed by atoms with Crippen LogP contribution in [-0.4, -0.2) is 41.6 Å². The molecule has 110 valence electrons. The maximum absolute atomic E-state index is 12.2. The van der Waals surface area contributed by atoms with Gasteiger partial charge in [0.2, 0.25) is 0 Å². The molecule has 1 saturated heterocycles. The molecule has 1 aliphatic heterocycles. The predicted molar refractivity (Wildman–Crippen MR) is 77.8 cm³/mol. The van der Waals surface area contributed by atoms with Gasteiger partial charge in [0.05, 0.1) is 30.5 Å². The van der Waals surface area contributed by atoms with Crippen LogP contribution in [0.5, 0.6) is 0 Å². The van der Waals surface area contributed by atoms with Gasteiger partial charge in [-0.15, -0.1) is 0 Å². The van der Waals surface area contributed by atoms with Crippen LogP contribution in [0.15, 0.2) is 36.7 Å². The fraction of sp³-hybridized carbons (Fsp3) is 0.286.